The summed E-state index contributed by atoms with van der Waals surface area (Å²) in [4.78, 5) is 20.5. The van der Waals surface area contributed by atoms with Gasteiger partial charge in [-0.3, -0.25) is 18.9 Å². The van der Waals surface area contributed by atoms with Crippen molar-refractivity contribution in [1.82, 2.24) is 29.1 Å². The van der Waals surface area contributed by atoms with E-state index >= 15 is 0 Å². The van der Waals surface area contributed by atoms with Gasteiger partial charge in [0.1, 0.15) is 5.82 Å². The Bertz CT molecular complexity index is 776. The zero-order valence-corrected chi connectivity index (χ0v) is 15.3. The standard InChI is InChI=1S/C17H24F2N6O/c1-12-14(13(2)22(3)21-12)10-16(26)24-8-6-23(7-9-24)11-15-20-4-5-25(15)17(18)19/h4-5,17H,6-11H2,1-3H3. The van der Waals surface area contributed by atoms with E-state index in [1.807, 2.05) is 30.7 Å². The predicted molar refractivity (Wildman–Crippen MR) is 91.7 cm³/mol. The number of rotatable bonds is 5. The van der Waals surface area contributed by atoms with Gasteiger partial charge in [-0.15, -0.1) is 0 Å². The van der Waals surface area contributed by atoms with Crippen LogP contribution in [0.5, 0.6) is 0 Å². The summed E-state index contributed by atoms with van der Waals surface area (Å²) in [5.41, 5.74) is 2.88. The van der Waals surface area contributed by atoms with Crippen molar-refractivity contribution in [1.29, 1.82) is 0 Å². The Hall–Kier alpha value is -2.29. The highest BCUT2D eigenvalue weighted by Gasteiger charge is 2.24. The van der Waals surface area contributed by atoms with Crippen molar-refractivity contribution in [2.75, 3.05) is 26.2 Å². The maximum atomic E-state index is 12.9. The lowest BCUT2D eigenvalue weighted by molar-refractivity contribution is -0.132. The number of nitrogens with zero attached hydrogens (tertiary/aromatic N) is 6. The van der Waals surface area contributed by atoms with Crippen LogP contribution < -0.4 is 0 Å². The lowest BCUT2D eigenvalue weighted by atomic mass is 10.1. The van der Waals surface area contributed by atoms with E-state index in [1.165, 1.54) is 12.4 Å². The van der Waals surface area contributed by atoms with Crippen LogP contribution >= 0.6 is 0 Å². The highest BCUT2D eigenvalue weighted by atomic mass is 19.3. The molecule has 0 radical (unpaired) electrons. The van der Waals surface area contributed by atoms with E-state index in [4.69, 9.17) is 0 Å². The van der Waals surface area contributed by atoms with Gasteiger partial charge in [0.15, 0.2) is 0 Å². The summed E-state index contributed by atoms with van der Waals surface area (Å²) in [7, 11) is 1.87. The number of piperazine rings is 1. The van der Waals surface area contributed by atoms with E-state index in [9.17, 15) is 13.6 Å². The molecule has 142 valence electrons. The number of imidazole rings is 1. The molecule has 7 nitrogen and oxygen atoms in total. The minimum Gasteiger partial charge on any atom is -0.340 e. The quantitative estimate of drug-likeness (QED) is 0.805. The third kappa shape index (κ3) is 3.77. The van der Waals surface area contributed by atoms with Crippen LogP contribution in [-0.2, 0) is 24.8 Å². The van der Waals surface area contributed by atoms with Crippen molar-refractivity contribution in [2.24, 2.45) is 7.05 Å². The van der Waals surface area contributed by atoms with Crippen molar-refractivity contribution < 1.29 is 13.6 Å². The third-order valence-electron chi connectivity index (χ3n) is 5.04. The van der Waals surface area contributed by atoms with Crippen molar-refractivity contribution in [3.63, 3.8) is 0 Å². The van der Waals surface area contributed by atoms with Crippen LogP contribution in [0.15, 0.2) is 12.4 Å². The molecule has 3 rings (SSSR count). The second-order valence-electron chi connectivity index (χ2n) is 6.64. The normalized spacial score (nSPS) is 15.8. The lowest BCUT2D eigenvalue weighted by Crippen LogP contribution is -2.49. The first-order valence-corrected chi connectivity index (χ1v) is 8.66. The van der Waals surface area contributed by atoms with Gasteiger partial charge >= 0.3 is 6.55 Å². The molecule has 0 aliphatic carbocycles. The van der Waals surface area contributed by atoms with Crippen LogP contribution in [-0.4, -0.2) is 61.2 Å². The van der Waals surface area contributed by atoms with Crippen LogP contribution in [0.4, 0.5) is 8.78 Å². The highest BCUT2D eigenvalue weighted by molar-refractivity contribution is 5.79. The van der Waals surface area contributed by atoms with Crippen LogP contribution in [0, 0.1) is 13.8 Å². The molecule has 0 atom stereocenters. The van der Waals surface area contributed by atoms with E-state index in [0.717, 1.165) is 21.5 Å². The summed E-state index contributed by atoms with van der Waals surface area (Å²) < 4.78 is 28.5. The zero-order valence-electron chi connectivity index (χ0n) is 15.3. The molecule has 0 N–H and O–H groups in total. The Morgan fingerprint density at radius 2 is 1.92 bits per heavy atom. The molecule has 0 unspecified atom stereocenters. The first-order valence-electron chi connectivity index (χ1n) is 8.66. The molecule has 1 fully saturated rings. The van der Waals surface area contributed by atoms with E-state index < -0.39 is 6.55 Å². The van der Waals surface area contributed by atoms with Crippen LogP contribution in [0.2, 0.25) is 0 Å². The van der Waals surface area contributed by atoms with E-state index in [-0.39, 0.29) is 5.91 Å². The van der Waals surface area contributed by atoms with E-state index in [0.29, 0.717) is 45.0 Å². The van der Waals surface area contributed by atoms with Crippen molar-refractivity contribution in [3.8, 4) is 0 Å². The molecular formula is C17H24F2N6O. The third-order valence-corrected chi connectivity index (χ3v) is 5.04. The monoisotopic (exact) mass is 366 g/mol. The summed E-state index contributed by atoms with van der Waals surface area (Å²) in [6, 6.07) is 0. The number of carbonyl (C=O) groups excluding carboxylic acids is 1. The van der Waals surface area contributed by atoms with Crippen LogP contribution in [0.1, 0.15) is 29.3 Å². The minimum absolute atomic E-state index is 0.0814. The summed E-state index contributed by atoms with van der Waals surface area (Å²) in [6.45, 7) is 4.13. The van der Waals surface area contributed by atoms with E-state index in [1.54, 1.807) is 4.68 Å². The van der Waals surface area contributed by atoms with Crippen molar-refractivity contribution >= 4 is 5.91 Å². The van der Waals surface area contributed by atoms with Crippen LogP contribution in [0.3, 0.4) is 0 Å². The lowest BCUT2D eigenvalue weighted by Gasteiger charge is -2.34. The molecule has 0 spiro atoms. The average Bonchev–Trinajstić information content (AvgIpc) is 3.16. The smallest absolute Gasteiger partial charge is 0.319 e. The minimum atomic E-state index is -2.58. The molecular weight excluding hydrogens is 342 g/mol. The first kappa shape index (κ1) is 18.5. The molecule has 1 aliphatic rings. The summed E-state index contributed by atoms with van der Waals surface area (Å²) >= 11 is 0. The first-order chi connectivity index (χ1) is 12.4. The van der Waals surface area contributed by atoms with Crippen molar-refractivity contribution in [3.05, 3.63) is 35.2 Å². The maximum Gasteiger partial charge on any atom is 0.319 e. The van der Waals surface area contributed by atoms with Crippen molar-refractivity contribution in [2.45, 2.75) is 33.4 Å². The summed E-state index contributed by atoms with van der Waals surface area (Å²) in [6.07, 6.45) is 3.03. The van der Waals surface area contributed by atoms with E-state index in [2.05, 4.69) is 10.1 Å². The Balaban J connectivity index is 1.55. The molecule has 1 saturated heterocycles. The molecule has 0 aromatic carbocycles. The molecule has 3 heterocycles. The number of alkyl halides is 2. The molecule has 1 aliphatic heterocycles. The van der Waals surface area contributed by atoms with Gasteiger partial charge in [0.05, 0.1) is 18.7 Å². The highest BCUT2D eigenvalue weighted by Crippen LogP contribution is 2.17. The Labute approximate surface area is 151 Å². The largest absolute Gasteiger partial charge is 0.340 e. The zero-order chi connectivity index (χ0) is 18.8. The molecule has 26 heavy (non-hydrogen) atoms. The summed E-state index contributed by atoms with van der Waals surface area (Å²) in [5.74, 6) is 0.430. The van der Waals surface area contributed by atoms with Gasteiger partial charge in [-0.25, -0.2) is 4.98 Å². The predicted octanol–water partition coefficient (Wildman–Crippen LogP) is 1.52. The fourth-order valence-electron chi connectivity index (χ4n) is 3.34. The molecule has 2 aromatic heterocycles. The van der Waals surface area contributed by atoms with Gasteiger partial charge in [0.2, 0.25) is 5.91 Å². The molecule has 0 saturated carbocycles. The molecule has 0 bridgehead atoms. The van der Waals surface area contributed by atoms with Gasteiger partial charge in [0, 0.05) is 56.9 Å². The molecule has 9 heteroatoms. The number of aromatic nitrogens is 4. The number of aryl methyl sites for hydroxylation is 2. The Kier molecular flexibility index (Phi) is 5.36. The van der Waals surface area contributed by atoms with Gasteiger partial charge in [-0.1, -0.05) is 0 Å². The van der Waals surface area contributed by atoms with Gasteiger partial charge < -0.3 is 4.90 Å². The number of carbonyl (C=O) groups is 1. The van der Waals surface area contributed by atoms with Gasteiger partial charge in [-0.2, -0.15) is 13.9 Å². The topological polar surface area (TPSA) is 59.2 Å². The van der Waals surface area contributed by atoms with Crippen LogP contribution in [0.25, 0.3) is 0 Å². The Morgan fingerprint density at radius 1 is 1.23 bits per heavy atom. The van der Waals surface area contributed by atoms with Gasteiger partial charge in [-0.05, 0) is 13.8 Å². The number of halogens is 2. The fourth-order valence-corrected chi connectivity index (χ4v) is 3.34. The number of amides is 1. The molecule has 2 aromatic rings. The second kappa shape index (κ2) is 7.53. The Morgan fingerprint density at radius 3 is 2.50 bits per heavy atom. The average molecular weight is 366 g/mol. The maximum absolute atomic E-state index is 12.9. The fraction of sp³-hybridized carbons (Fsp3) is 0.588. The molecule has 1 amide bonds. The number of hydrogen-bond donors (Lipinski definition) is 0. The second-order valence-corrected chi connectivity index (χ2v) is 6.64. The summed E-state index contributed by atoms with van der Waals surface area (Å²) in [5, 5.41) is 4.35. The SMILES string of the molecule is Cc1nn(C)c(C)c1CC(=O)N1CCN(Cc2nccn2C(F)F)CC1. The van der Waals surface area contributed by atoms with Gasteiger partial charge in [0.25, 0.3) is 0 Å². The number of hydrogen-bond acceptors (Lipinski definition) is 4.